The molecule has 1 unspecified atom stereocenters. The molecule has 4 heteroatoms. The average Bonchev–Trinajstić information content (AvgIpc) is 3.30. The normalized spacial score (nSPS) is 17.1. The van der Waals surface area contributed by atoms with Crippen LogP contribution >= 0.6 is 22.7 Å². The van der Waals surface area contributed by atoms with Crippen molar-refractivity contribution in [3.05, 3.63) is 87.5 Å². The summed E-state index contributed by atoms with van der Waals surface area (Å²) in [6.07, 6.45) is 5.40. The van der Waals surface area contributed by atoms with Crippen molar-refractivity contribution in [1.82, 2.24) is 0 Å². The highest BCUT2D eigenvalue weighted by Crippen LogP contribution is 2.39. The van der Waals surface area contributed by atoms with Gasteiger partial charge in [-0.2, -0.15) is 0 Å². The SMILES string of the molecule is S=S1C(Cc2ccccc2)=CC=C1c1ccc(-c2cccs2)s1. The van der Waals surface area contributed by atoms with E-state index >= 15 is 0 Å². The Bertz CT molecular complexity index is 896. The Hall–Kier alpha value is -1.33. The van der Waals surface area contributed by atoms with Gasteiger partial charge in [-0.3, -0.25) is 0 Å². The molecule has 0 saturated heterocycles. The maximum absolute atomic E-state index is 5.84. The van der Waals surface area contributed by atoms with Crippen LogP contribution in [-0.4, -0.2) is 0 Å². The van der Waals surface area contributed by atoms with E-state index in [1.807, 2.05) is 11.3 Å². The van der Waals surface area contributed by atoms with Gasteiger partial charge in [-0.25, -0.2) is 0 Å². The van der Waals surface area contributed by atoms with Crippen LogP contribution in [0.1, 0.15) is 10.4 Å². The second-order valence-corrected chi connectivity index (χ2v) is 9.77. The molecule has 1 aliphatic rings. The molecule has 0 bridgehead atoms. The van der Waals surface area contributed by atoms with Crippen molar-refractivity contribution >= 4 is 48.2 Å². The quantitative estimate of drug-likeness (QED) is 0.540. The van der Waals surface area contributed by atoms with Crippen molar-refractivity contribution in [3.8, 4) is 9.75 Å². The van der Waals surface area contributed by atoms with Gasteiger partial charge < -0.3 is 0 Å². The summed E-state index contributed by atoms with van der Waals surface area (Å²) in [5.74, 6) is 0. The summed E-state index contributed by atoms with van der Waals surface area (Å²) < 4.78 is 0. The van der Waals surface area contributed by atoms with Crippen molar-refractivity contribution in [2.24, 2.45) is 0 Å². The fourth-order valence-corrected chi connectivity index (χ4v) is 6.84. The zero-order valence-electron chi connectivity index (χ0n) is 12.3. The van der Waals surface area contributed by atoms with Crippen LogP contribution in [0.25, 0.3) is 14.7 Å². The predicted octanol–water partition coefficient (Wildman–Crippen LogP) is 6.04. The molecular weight excluding hydrogens is 356 g/mol. The Morgan fingerprint density at radius 1 is 0.826 bits per heavy atom. The molecule has 0 fully saturated rings. The summed E-state index contributed by atoms with van der Waals surface area (Å²) in [5, 5.41) is 2.13. The van der Waals surface area contributed by atoms with E-state index in [0.717, 1.165) is 6.42 Å². The van der Waals surface area contributed by atoms with E-state index in [1.54, 1.807) is 11.3 Å². The lowest BCUT2D eigenvalue weighted by Crippen LogP contribution is -1.95. The lowest BCUT2D eigenvalue weighted by Gasteiger charge is -2.07. The first-order valence-electron chi connectivity index (χ1n) is 7.32. The van der Waals surface area contributed by atoms with Gasteiger partial charge >= 0.3 is 0 Å². The molecule has 23 heavy (non-hydrogen) atoms. The number of thiophene rings is 2. The maximum atomic E-state index is 5.84. The Balaban J connectivity index is 1.53. The van der Waals surface area contributed by atoms with Crippen LogP contribution in [-0.2, 0) is 27.1 Å². The minimum absolute atomic E-state index is 0.214. The van der Waals surface area contributed by atoms with Crippen LogP contribution in [0, 0.1) is 0 Å². The molecule has 0 amide bonds. The van der Waals surface area contributed by atoms with Crippen LogP contribution in [0.5, 0.6) is 0 Å². The Labute approximate surface area is 151 Å². The Morgan fingerprint density at radius 3 is 2.43 bits per heavy atom. The number of hydrogen-bond acceptors (Lipinski definition) is 3. The molecule has 3 heterocycles. The Kier molecular flexibility index (Phi) is 4.40. The Morgan fingerprint density at radius 2 is 1.65 bits per heavy atom. The average molecular weight is 371 g/mol. The van der Waals surface area contributed by atoms with Crippen LogP contribution in [0.2, 0.25) is 0 Å². The number of rotatable bonds is 4. The number of allylic oxidation sites excluding steroid dienone is 3. The molecule has 2 aromatic heterocycles. The van der Waals surface area contributed by atoms with Crippen LogP contribution < -0.4 is 0 Å². The summed E-state index contributed by atoms with van der Waals surface area (Å²) >= 11 is 9.47. The van der Waals surface area contributed by atoms with E-state index in [4.69, 9.17) is 11.2 Å². The van der Waals surface area contributed by atoms with E-state index < -0.39 is 0 Å². The third kappa shape index (κ3) is 3.17. The minimum Gasteiger partial charge on any atom is -0.143 e. The molecule has 1 aliphatic heterocycles. The van der Waals surface area contributed by atoms with Gasteiger partial charge in [-0.15, -0.1) is 22.7 Å². The molecule has 114 valence electrons. The minimum atomic E-state index is -0.214. The first-order chi connectivity index (χ1) is 11.3. The molecule has 0 N–H and O–H groups in total. The van der Waals surface area contributed by atoms with Crippen molar-refractivity contribution in [2.75, 3.05) is 0 Å². The number of benzene rings is 1. The fraction of sp³-hybridized carbons (Fsp3) is 0.0526. The first kappa shape index (κ1) is 15.2. The zero-order valence-corrected chi connectivity index (χ0v) is 15.5. The molecule has 3 aromatic rings. The van der Waals surface area contributed by atoms with E-state index in [1.165, 1.54) is 30.0 Å². The van der Waals surface area contributed by atoms with Crippen LogP contribution in [0.15, 0.2) is 77.0 Å². The largest absolute Gasteiger partial charge is 0.143 e. The van der Waals surface area contributed by atoms with E-state index in [0.29, 0.717) is 0 Å². The van der Waals surface area contributed by atoms with Gasteiger partial charge in [0.2, 0.25) is 0 Å². The van der Waals surface area contributed by atoms with Gasteiger partial charge in [0.15, 0.2) is 0 Å². The summed E-state index contributed by atoms with van der Waals surface area (Å²) in [5.41, 5.74) is 1.33. The van der Waals surface area contributed by atoms with E-state index in [2.05, 4.69) is 72.1 Å². The predicted molar refractivity (Wildman–Crippen MR) is 109 cm³/mol. The molecule has 0 radical (unpaired) electrons. The third-order valence-electron chi connectivity index (χ3n) is 3.69. The number of hydrogen-bond donors (Lipinski definition) is 0. The topological polar surface area (TPSA) is 0 Å². The summed E-state index contributed by atoms with van der Waals surface area (Å²) in [7, 11) is -0.214. The van der Waals surface area contributed by atoms with Gasteiger partial charge in [0, 0.05) is 26.0 Å². The molecule has 4 rings (SSSR count). The standard InChI is InChI=1S/C19H14S4/c20-23-15(13-14-5-2-1-3-6-14)8-11-19(23)18-10-9-17(22-18)16-7-4-12-21-16/h1-12H,13H2. The van der Waals surface area contributed by atoms with Crippen LogP contribution in [0.3, 0.4) is 0 Å². The summed E-state index contributed by atoms with van der Waals surface area (Å²) in [4.78, 5) is 6.64. The van der Waals surface area contributed by atoms with Crippen molar-refractivity contribution in [1.29, 1.82) is 0 Å². The second-order valence-electron chi connectivity index (χ2n) is 5.24. The monoisotopic (exact) mass is 370 g/mol. The van der Waals surface area contributed by atoms with Gasteiger partial charge in [0.25, 0.3) is 0 Å². The molecule has 1 aromatic carbocycles. The second kappa shape index (κ2) is 6.65. The fourth-order valence-electron chi connectivity index (χ4n) is 2.55. The highest BCUT2D eigenvalue weighted by Gasteiger charge is 2.18. The van der Waals surface area contributed by atoms with Crippen molar-refractivity contribution < 1.29 is 0 Å². The molecule has 1 atom stereocenters. The third-order valence-corrected chi connectivity index (χ3v) is 8.70. The van der Waals surface area contributed by atoms with Gasteiger partial charge in [-0.1, -0.05) is 51.9 Å². The van der Waals surface area contributed by atoms with E-state index in [-0.39, 0.29) is 9.45 Å². The van der Waals surface area contributed by atoms with Crippen molar-refractivity contribution in [2.45, 2.75) is 6.42 Å². The summed E-state index contributed by atoms with van der Waals surface area (Å²) in [6, 6.07) is 19.3. The maximum Gasteiger partial charge on any atom is 0.0449 e. The lowest BCUT2D eigenvalue weighted by atomic mass is 10.1. The first-order valence-corrected chi connectivity index (χ1v) is 11.2. The molecular formula is C19H14S4. The van der Waals surface area contributed by atoms with Gasteiger partial charge in [0.1, 0.15) is 0 Å². The zero-order chi connectivity index (χ0) is 15.6. The highest BCUT2D eigenvalue weighted by molar-refractivity contribution is 8.36. The smallest absolute Gasteiger partial charge is 0.0449 e. The lowest BCUT2D eigenvalue weighted by molar-refractivity contribution is 1.25. The highest BCUT2D eigenvalue weighted by atomic mass is 32.8. The summed E-state index contributed by atoms with van der Waals surface area (Å²) in [6.45, 7) is 0. The van der Waals surface area contributed by atoms with E-state index in [9.17, 15) is 0 Å². The van der Waals surface area contributed by atoms with Crippen molar-refractivity contribution in [3.63, 3.8) is 0 Å². The van der Waals surface area contributed by atoms with Gasteiger partial charge in [-0.05, 0) is 51.3 Å². The molecule has 0 aliphatic carbocycles. The van der Waals surface area contributed by atoms with Gasteiger partial charge in [0.05, 0.1) is 0 Å². The van der Waals surface area contributed by atoms with Crippen LogP contribution in [0.4, 0.5) is 0 Å². The molecule has 0 nitrogen and oxygen atoms in total. The molecule has 0 saturated carbocycles. The molecule has 0 spiro atoms.